The van der Waals surface area contributed by atoms with Gasteiger partial charge in [-0.05, 0) is 25.5 Å². The smallest absolute Gasteiger partial charge is 0.251 e. The molecule has 1 aromatic rings. The minimum Gasteiger partial charge on any atom is -0.355 e. The molecule has 0 aliphatic heterocycles. The molecule has 1 rings (SSSR count). The number of carbonyl (C=O) groups is 2. The molecule has 1 unspecified atom stereocenters. The molecule has 1 aromatic carbocycles. The summed E-state index contributed by atoms with van der Waals surface area (Å²) in [7, 11) is 0. The van der Waals surface area contributed by atoms with Gasteiger partial charge in [0, 0.05) is 18.2 Å². The fraction of sp³-hybridized carbons (Fsp3) is 0.385. The highest BCUT2D eigenvalue weighted by Crippen LogP contribution is 1.97. The van der Waals surface area contributed by atoms with E-state index in [2.05, 4.69) is 10.6 Å². The number of hydrogen-bond donors (Lipinski definition) is 3. The Morgan fingerprint density at radius 3 is 2.50 bits per heavy atom. The van der Waals surface area contributed by atoms with E-state index in [1.807, 2.05) is 13.0 Å². The van der Waals surface area contributed by atoms with Crippen molar-refractivity contribution >= 4 is 11.8 Å². The second-order valence-electron chi connectivity index (χ2n) is 4.16. The Bertz CT molecular complexity index is 390. The zero-order chi connectivity index (χ0) is 13.4. The van der Waals surface area contributed by atoms with Gasteiger partial charge < -0.3 is 16.4 Å². The number of rotatable bonds is 6. The molecular formula is C13H19N3O2. The van der Waals surface area contributed by atoms with E-state index in [1.165, 1.54) is 0 Å². The zero-order valence-electron chi connectivity index (χ0n) is 10.5. The van der Waals surface area contributed by atoms with Gasteiger partial charge in [-0.3, -0.25) is 9.59 Å². The van der Waals surface area contributed by atoms with E-state index in [4.69, 9.17) is 5.73 Å². The molecule has 0 spiro atoms. The van der Waals surface area contributed by atoms with Gasteiger partial charge in [-0.25, -0.2) is 0 Å². The summed E-state index contributed by atoms with van der Waals surface area (Å²) in [5.41, 5.74) is 6.10. The molecule has 18 heavy (non-hydrogen) atoms. The van der Waals surface area contributed by atoms with Crippen molar-refractivity contribution in [3.8, 4) is 0 Å². The Morgan fingerprint density at radius 1 is 1.22 bits per heavy atom. The van der Waals surface area contributed by atoms with Crippen LogP contribution in [0.15, 0.2) is 30.3 Å². The van der Waals surface area contributed by atoms with E-state index in [0.29, 0.717) is 12.1 Å². The van der Waals surface area contributed by atoms with Crippen LogP contribution in [0.3, 0.4) is 0 Å². The number of benzene rings is 1. The highest BCUT2D eigenvalue weighted by Gasteiger charge is 2.06. The quantitative estimate of drug-likeness (QED) is 0.676. The molecule has 0 saturated heterocycles. The predicted molar refractivity (Wildman–Crippen MR) is 70.1 cm³/mol. The van der Waals surface area contributed by atoms with Crippen molar-refractivity contribution in [1.29, 1.82) is 0 Å². The van der Waals surface area contributed by atoms with Crippen molar-refractivity contribution < 1.29 is 9.59 Å². The molecular weight excluding hydrogens is 230 g/mol. The molecule has 0 bridgehead atoms. The number of hydrogen-bond acceptors (Lipinski definition) is 3. The van der Waals surface area contributed by atoms with Gasteiger partial charge in [0.25, 0.3) is 5.91 Å². The first-order valence-corrected chi connectivity index (χ1v) is 5.95. The minimum absolute atomic E-state index is 0.0212. The topological polar surface area (TPSA) is 84.2 Å². The lowest BCUT2D eigenvalue weighted by Gasteiger charge is -2.08. The summed E-state index contributed by atoms with van der Waals surface area (Å²) in [6, 6.07) is 8.84. The maximum absolute atomic E-state index is 11.6. The standard InChI is InChI=1S/C13H19N3O2/c1-10(14)7-8-15-12(17)9-16-13(18)11-5-3-2-4-6-11/h2-6,10H,7-9,14H2,1H3,(H,15,17)(H,16,18). The van der Waals surface area contributed by atoms with E-state index in [-0.39, 0.29) is 24.4 Å². The molecule has 5 nitrogen and oxygen atoms in total. The molecule has 0 aliphatic carbocycles. The van der Waals surface area contributed by atoms with Gasteiger partial charge in [0.05, 0.1) is 6.54 Å². The molecule has 0 radical (unpaired) electrons. The van der Waals surface area contributed by atoms with Crippen molar-refractivity contribution in [2.45, 2.75) is 19.4 Å². The number of amides is 2. The van der Waals surface area contributed by atoms with E-state index < -0.39 is 0 Å². The molecule has 4 N–H and O–H groups in total. The van der Waals surface area contributed by atoms with Gasteiger partial charge >= 0.3 is 0 Å². The first kappa shape index (κ1) is 14.2. The van der Waals surface area contributed by atoms with Crippen LogP contribution in [0.5, 0.6) is 0 Å². The van der Waals surface area contributed by atoms with Gasteiger partial charge in [0.1, 0.15) is 0 Å². The van der Waals surface area contributed by atoms with Crippen LogP contribution in [0.2, 0.25) is 0 Å². The first-order chi connectivity index (χ1) is 8.59. The van der Waals surface area contributed by atoms with E-state index in [9.17, 15) is 9.59 Å². The SMILES string of the molecule is CC(N)CCNC(=O)CNC(=O)c1ccccc1. The van der Waals surface area contributed by atoms with Gasteiger partial charge in [-0.15, -0.1) is 0 Å². The monoisotopic (exact) mass is 249 g/mol. The van der Waals surface area contributed by atoms with Crippen LogP contribution in [0.1, 0.15) is 23.7 Å². The molecule has 0 aliphatic rings. The van der Waals surface area contributed by atoms with E-state index in [1.54, 1.807) is 24.3 Å². The highest BCUT2D eigenvalue weighted by molar-refractivity contribution is 5.96. The van der Waals surface area contributed by atoms with Crippen molar-refractivity contribution in [2.24, 2.45) is 5.73 Å². The Kier molecular flexibility index (Phi) is 5.87. The molecule has 0 aromatic heterocycles. The maximum Gasteiger partial charge on any atom is 0.251 e. The minimum atomic E-state index is -0.252. The van der Waals surface area contributed by atoms with Crippen LogP contribution in [-0.4, -0.2) is 30.9 Å². The summed E-state index contributed by atoms with van der Waals surface area (Å²) in [5, 5.41) is 5.24. The summed E-state index contributed by atoms with van der Waals surface area (Å²) >= 11 is 0. The van der Waals surface area contributed by atoms with Crippen LogP contribution < -0.4 is 16.4 Å². The number of carbonyl (C=O) groups excluding carboxylic acids is 2. The second-order valence-corrected chi connectivity index (χ2v) is 4.16. The van der Waals surface area contributed by atoms with Crippen molar-refractivity contribution in [2.75, 3.05) is 13.1 Å². The normalized spacial score (nSPS) is 11.7. The molecule has 98 valence electrons. The molecule has 5 heteroatoms. The van der Waals surface area contributed by atoms with Crippen LogP contribution in [0, 0.1) is 0 Å². The molecule has 1 atom stereocenters. The van der Waals surface area contributed by atoms with Crippen molar-refractivity contribution in [3.05, 3.63) is 35.9 Å². The fourth-order valence-corrected chi connectivity index (χ4v) is 1.35. The van der Waals surface area contributed by atoms with E-state index >= 15 is 0 Å². The Labute approximate surface area is 107 Å². The predicted octanol–water partition coefficient (Wildman–Crippen LogP) is 0.270. The summed E-state index contributed by atoms with van der Waals surface area (Å²) < 4.78 is 0. The van der Waals surface area contributed by atoms with Gasteiger partial charge in [0.2, 0.25) is 5.91 Å². The Hall–Kier alpha value is -1.88. The lowest BCUT2D eigenvalue weighted by Crippen LogP contribution is -2.38. The summed E-state index contributed by atoms with van der Waals surface area (Å²) in [6.45, 7) is 2.38. The third kappa shape index (κ3) is 5.45. The summed E-state index contributed by atoms with van der Waals surface area (Å²) in [6.07, 6.45) is 0.721. The zero-order valence-corrected chi connectivity index (χ0v) is 10.5. The van der Waals surface area contributed by atoms with Gasteiger partial charge in [0.15, 0.2) is 0 Å². The third-order valence-corrected chi connectivity index (χ3v) is 2.37. The average molecular weight is 249 g/mol. The van der Waals surface area contributed by atoms with Crippen molar-refractivity contribution in [3.63, 3.8) is 0 Å². The largest absolute Gasteiger partial charge is 0.355 e. The molecule has 0 heterocycles. The first-order valence-electron chi connectivity index (χ1n) is 5.95. The lowest BCUT2D eigenvalue weighted by atomic mass is 10.2. The van der Waals surface area contributed by atoms with Crippen molar-refractivity contribution in [1.82, 2.24) is 10.6 Å². The maximum atomic E-state index is 11.6. The van der Waals surface area contributed by atoms with Crippen LogP contribution in [-0.2, 0) is 4.79 Å². The van der Waals surface area contributed by atoms with Gasteiger partial charge in [-0.1, -0.05) is 18.2 Å². The molecule has 0 saturated carbocycles. The molecule has 0 fully saturated rings. The number of nitrogens with two attached hydrogens (primary N) is 1. The van der Waals surface area contributed by atoms with Crippen LogP contribution in [0.4, 0.5) is 0 Å². The average Bonchev–Trinajstić information content (AvgIpc) is 2.36. The van der Waals surface area contributed by atoms with Gasteiger partial charge in [-0.2, -0.15) is 0 Å². The lowest BCUT2D eigenvalue weighted by molar-refractivity contribution is -0.120. The Balaban J connectivity index is 2.24. The fourth-order valence-electron chi connectivity index (χ4n) is 1.35. The highest BCUT2D eigenvalue weighted by atomic mass is 16.2. The number of nitrogens with one attached hydrogen (secondary N) is 2. The Morgan fingerprint density at radius 2 is 1.89 bits per heavy atom. The summed E-state index contributed by atoms with van der Waals surface area (Å²) in [5.74, 6) is -0.460. The van der Waals surface area contributed by atoms with Crippen LogP contribution >= 0.6 is 0 Å². The second kappa shape index (κ2) is 7.45. The third-order valence-electron chi connectivity index (χ3n) is 2.37. The van der Waals surface area contributed by atoms with Crippen LogP contribution in [0.25, 0.3) is 0 Å². The summed E-state index contributed by atoms with van der Waals surface area (Å²) in [4.78, 5) is 23.0. The van der Waals surface area contributed by atoms with E-state index in [0.717, 1.165) is 6.42 Å². The molecule has 2 amide bonds.